The van der Waals surface area contributed by atoms with Crippen LogP contribution in [0, 0.1) is 0 Å². The molecule has 0 saturated heterocycles. The van der Waals surface area contributed by atoms with Gasteiger partial charge in [-0.25, -0.2) is 0 Å². The molecular formula is C12H15N3O4. The van der Waals surface area contributed by atoms with Crippen molar-refractivity contribution in [2.45, 2.75) is 6.42 Å². The van der Waals surface area contributed by atoms with Crippen molar-refractivity contribution in [1.82, 2.24) is 5.32 Å². The minimum Gasteiger partial charge on any atom is -0.481 e. The van der Waals surface area contributed by atoms with Gasteiger partial charge in [0.05, 0.1) is 13.0 Å². The number of nitrogens with two attached hydrogens (primary N) is 1. The summed E-state index contributed by atoms with van der Waals surface area (Å²) >= 11 is 0. The van der Waals surface area contributed by atoms with Gasteiger partial charge >= 0.3 is 5.97 Å². The number of rotatable bonds is 7. The molecule has 0 aliphatic carbocycles. The van der Waals surface area contributed by atoms with Crippen molar-refractivity contribution < 1.29 is 19.5 Å². The Hall–Kier alpha value is -2.41. The number of anilines is 1. The number of amides is 2. The highest BCUT2D eigenvalue weighted by Crippen LogP contribution is 2.08. The molecule has 2 amide bonds. The molecule has 19 heavy (non-hydrogen) atoms. The SMILES string of the molecule is NC(=O)c1ccc(NC(=O)CNCCC(=O)O)cc1. The molecule has 1 rings (SSSR count). The van der Waals surface area contributed by atoms with E-state index in [2.05, 4.69) is 10.6 Å². The van der Waals surface area contributed by atoms with Gasteiger partial charge in [0.1, 0.15) is 0 Å². The number of carboxylic acids is 1. The second kappa shape index (κ2) is 7.12. The van der Waals surface area contributed by atoms with Crippen molar-refractivity contribution in [2.75, 3.05) is 18.4 Å². The number of hydrogen-bond acceptors (Lipinski definition) is 4. The fraction of sp³-hybridized carbons (Fsp3) is 0.250. The lowest BCUT2D eigenvalue weighted by molar-refractivity contribution is -0.137. The van der Waals surface area contributed by atoms with Crippen LogP contribution in [0.4, 0.5) is 5.69 Å². The quantitative estimate of drug-likeness (QED) is 0.508. The maximum atomic E-state index is 11.5. The molecule has 0 aromatic heterocycles. The van der Waals surface area contributed by atoms with Gasteiger partial charge in [-0.3, -0.25) is 14.4 Å². The standard InChI is InChI=1S/C12H15N3O4/c13-12(19)8-1-3-9(4-2-8)15-10(16)7-14-6-5-11(17)18/h1-4,14H,5-7H2,(H2,13,19)(H,15,16)(H,17,18). The highest BCUT2D eigenvalue weighted by molar-refractivity contribution is 5.95. The maximum absolute atomic E-state index is 11.5. The van der Waals surface area contributed by atoms with E-state index >= 15 is 0 Å². The van der Waals surface area contributed by atoms with Crippen molar-refractivity contribution >= 4 is 23.5 Å². The number of carboxylic acid groups (broad SMARTS) is 1. The summed E-state index contributed by atoms with van der Waals surface area (Å²) in [4.78, 5) is 32.5. The average molecular weight is 265 g/mol. The maximum Gasteiger partial charge on any atom is 0.304 e. The predicted molar refractivity (Wildman–Crippen MR) is 68.7 cm³/mol. The molecule has 7 heteroatoms. The molecule has 0 aliphatic rings. The number of carbonyl (C=O) groups excluding carboxylic acids is 2. The lowest BCUT2D eigenvalue weighted by atomic mass is 10.2. The summed E-state index contributed by atoms with van der Waals surface area (Å²) in [7, 11) is 0. The molecule has 0 bridgehead atoms. The van der Waals surface area contributed by atoms with Crippen molar-refractivity contribution in [3.63, 3.8) is 0 Å². The third kappa shape index (κ3) is 5.64. The fourth-order valence-electron chi connectivity index (χ4n) is 1.32. The van der Waals surface area contributed by atoms with Crippen LogP contribution >= 0.6 is 0 Å². The first-order valence-corrected chi connectivity index (χ1v) is 5.61. The van der Waals surface area contributed by atoms with Gasteiger partial charge < -0.3 is 21.5 Å². The predicted octanol–water partition coefficient (Wildman–Crippen LogP) is -0.212. The van der Waals surface area contributed by atoms with Gasteiger partial charge in [0.15, 0.2) is 0 Å². The lowest BCUT2D eigenvalue weighted by Crippen LogP contribution is -2.29. The summed E-state index contributed by atoms with van der Waals surface area (Å²) in [5.74, 6) is -1.75. The zero-order chi connectivity index (χ0) is 14.3. The van der Waals surface area contributed by atoms with Crippen LogP contribution in [-0.2, 0) is 9.59 Å². The molecule has 0 radical (unpaired) electrons. The first-order chi connectivity index (χ1) is 8.99. The molecule has 7 nitrogen and oxygen atoms in total. The molecule has 0 heterocycles. The zero-order valence-electron chi connectivity index (χ0n) is 10.2. The third-order valence-corrected chi connectivity index (χ3v) is 2.25. The Kier molecular flexibility index (Phi) is 5.49. The van der Waals surface area contributed by atoms with Crippen LogP contribution in [0.1, 0.15) is 16.8 Å². The summed E-state index contributed by atoms with van der Waals surface area (Å²) in [6.45, 7) is 0.244. The lowest BCUT2D eigenvalue weighted by Gasteiger charge is -2.06. The molecule has 0 unspecified atom stereocenters. The van der Waals surface area contributed by atoms with Crippen LogP contribution < -0.4 is 16.4 Å². The molecule has 0 atom stereocenters. The van der Waals surface area contributed by atoms with Crippen LogP contribution in [-0.4, -0.2) is 36.0 Å². The molecule has 5 N–H and O–H groups in total. The van der Waals surface area contributed by atoms with Gasteiger partial charge in [-0.1, -0.05) is 0 Å². The number of primary amides is 1. The van der Waals surface area contributed by atoms with Crippen molar-refractivity contribution in [3.8, 4) is 0 Å². The van der Waals surface area contributed by atoms with Crippen LogP contribution in [0.5, 0.6) is 0 Å². The van der Waals surface area contributed by atoms with E-state index in [1.165, 1.54) is 12.1 Å². The van der Waals surface area contributed by atoms with Crippen LogP contribution in [0.15, 0.2) is 24.3 Å². The molecule has 0 aliphatic heterocycles. The number of hydrogen-bond donors (Lipinski definition) is 4. The normalized spacial score (nSPS) is 9.89. The monoisotopic (exact) mass is 265 g/mol. The van der Waals surface area contributed by atoms with E-state index in [9.17, 15) is 14.4 Å². The van der Waals surface area contributed by atoms with Gasteiger partial charge in [-0.2, -0.15) is 0 Å². The van der Waals surface area contributed by atoms with E-state index in [0.717, 1.165) is 0 Å². The van der Waals surface area contributed by atoms with Gasteiger partial charge in [0, 0.05) is 17.8 Å². The highest BCUT2D eigenvalue weighted by atomic mass is 16.4. The van der Waals surface area contributed by atoms with E-state index in [1.54, 1.807) is 12.1 Å². The smallest absolute Gasteiger partial charge is 0.304 e. The Bertz CT molecular complexity index is 470. The largest absolute Gasteiger partial charge is 0.481 e. The Morgan fingerprint density at radius 3 is 2.32 bits per heavy atom. The fourth-order valence-corrected chi connectivity index (χ4v) is 1.32. The second-order valence-electron chi connectivity index (χ2n) is 3.81. The first kappa shape index (κ1) is 14.7. The van der Waals surface area contributed by atoms with E-state index in [-0.39, 0.29) is 25.4 Å². The van der Waals surface area contributed by atoms with Gasteiger partial charge in [-0.15, -0.1) is 0 Å². The summed E-state index contributed by atoms with van der Waals surface area (Å²) in [6.07, 6.45) is -0.0411. The topological polar surface area (TPSA) is 122 Å². The van der Waals surface area contributed by atoms with Gasteiger partial charge in [-0.05, 0) is 24.3 Å². The minimum atomic E-state index is -0.921. The minimum absolute atomic E-state index is 0.0187. The zero-order valence-corrected chi connectivity index (χ0v) is 10.2. The second-order valence-corrected chi connectivity index (χ2v) is 3.81. The van der Waals surface area contributed by atoms with Crippen molar-refractivity contribution in [2.24, 2.45) is 5.73 Å². The van der Waals surface area contributed by atoms with E-state index in [0.29, 0.717) is 11.3 Å². The molecule has 0 spiro atoms. The van der Waals surface area contributed by atoms with Crippen LogP contribution in [0.3, 0.4) is 0 Å². The van der Waals surface area contributed by atoms with Crippen molar-refractivity contribution in [3.05, 3.63) is 29.8 Å². The Balaban J connectivity index is 2.35. The average Bonchev–Trinajstić information content (AvgIpc) is 2.35. The van der Waals surface area contributed by atoms with Crippen LogP contribution in [0.2, 0.25) is 0 Å². The third-order valence-electron chi connectivity index (χ3n) is 2.25. The van der Waals surface area contributed by atoms with Gasteiger partial charge in [0.25, 0.3) is 0 Å². The first-order valence-electron chi connectivity index (χ1n) is 5.61. The Morgan fingerprint density at radius 1 is 1.16 bits per heavy atom. The molecule has 102 valence electrons. The molecule has 1 aromatic carbocycles. The number of aliphatic carboxylic acids is 1. The van der Waals surface area contributed by atoms with Crippen LogP contribution in [0.25, 0.3) is 0 Å². The highest BCUT2D eigenvalue weighted by Gasteiger charge is 2.04. The Morgan fingerprint density at radius 2 is 1.79 bits per heavy atom. The number of carbonyl (C=O) groups is 3. The Labute approximate surface area is 109 Å². The molecule has 0 fully saturated rings. The van der Waals surface area contributed by atoms with E-state index < -0.39 is 11.9 Å². The molecule has 0 saturated carbocycles. The number of benzene rings is 1. The van der Waals surface area contributed by atoms with Gasteiger partial charge in [0.2, 0.25) is 11.8 Å². The summed E-state index contributed by atoms with van der Waals surface area (Å²) in [6, 6.07) is 6.15. The van der Waals surface area contributed by atoms with E-state index in [4.69, 9.17) is 10.8 Å². The number of nitrogens with one attached hydrogen (secondary N) is 2. The summed E-state index contributed by atoms with van der Waals surface area (Å²) in [5, 5.41) is 13.7. The molecular weight excluding hydrogens is 250 g/mol. The summed E-state index contributed by atoms with van der Waals surface area (Å²) < 4.78 is 0. The molecule has 1 aromatic rings. The van der Waals surface area contributed by atoms with Crippen molar-refractivity contribution in [1.29, 1.82) is 0 Å². The summed E-state index contributed by atoms with van der Waals surface area (Å²) in [5.41, 5.74) is 5.98. The van der Waals surface area contributed by atoms with E-state index in [1.807, 2.05) is 0 Å².